The van der Waals surface area contributed by atoms with Crippen LogP contribution in [0.4, 0.5) is 0 Å². The summed E-state index contributed by atoms with van der Waals surface area (Å²) in [7, 11) is 0. The van der Waals surface area contributed by atoms with Crippen molar-refractivity contribution in [2.75, 3.05) is 13.1 Å². The predicted molar refractivity (Wildman–Crippen MR) is 115 cm³/mol. The van der Waals surface area contributed by atoms with Crippen LogP contribution in [0, 0.1) is 34.5 Å². The van der Waals surface area contributed by atoms with Crippen molar-refractivity contribution in [2.45, 2.75) is 94.7 Å². The summed E-state index contributed by atoms with van der Waals surface area (Å²) in [4.78, 5) is 12.7. The van der Waals surface area contributed by atoms with Crippen molar-refractivity contribution in [2.24, 2.45) is 34.5 Å². The zero-order valence-electron chi connectivity index (χ0n) is 18.0. The van der Waals surface area contributed by atoms with Gasteiger partial charge in [0.1, 0.15) is 5.78 Å². The Morgan fingerprint density at radius 1 is 1.07 bits per heavy atom. The summed E-state index contributed by atoms with van der Waals surface area (Å²) in [6, 6.07) is 0. The molecule has 0 amide bonds. The van der Waals surface area contributed by atoms with Gasteiger partial charge < -0.3 is 10.4 Å². The lowest BCUT2D eigenvalue weighted by Gasteiger charge is -2.65. The topological polar surface area (TPSA) is 49.3 Å². The Balaban J connectivity index is 1.39. The molecule has 0 aromatic rings. The largest absolute Gasteiger partial charge is 0.389 e. The van der Waals surface area contributed by atoms with Crippen LogP contribution >= 0.6 is 11.8 Å². The van der Waals surface area contributed by atoms with Gasteiger partial charge in [-0.05, 0) is 87.0 Å². The SMILES string of the molecule is CC1C[C@@H]2[C@@H](CC[C@]3(C)C(=O)CC[C@@H]23)[C@@]2(C)CCC(S[C@H]3CCNC3)CC12O. The van der Waals surface area contributed by atoms with Crippen molar-refractivity contribution in [3.63, 3.8) is 0 Å². The predicted octanol–water partition coefficient (Wildman–Crippen LogP) is 4.42. The van der Waals surface area contributed by atoms with E-state index in [2.05, 4.69) is 37.8 Å². The van der Waals surface area contributed by atoms with E-state index in [4.69, 9.17) is 0 Å². The molecule has 0 bridgehead atoms. The second-order valence-electron chi connectivity index (χ2n) is 11.4. The number of carbonyl (C=O) groups excluding carboxylic acids is 1. The molecule has 9 atom stereocenters. The molecule has 5 fully saturated rings. The summed E-state index contributed by atoms with van der Waals surface area (Å²) in [6.07, 6.45) is 9.94. The highest BCUT2D eigenvalue weighted by Crippen LogP contribution is 2.68. The van der Waals surface area contributed by atoms with Gasteiger partial charge in [0.15, 0.2) is 0 Å². The number of carbonyl (C=O) groups is 1. The van der Waals surface area contributed by atoms with Crippen LogP contribution in [-0.2, 0) is 4.79 Å². The van der Waals surface area contributed by atoms with Crippen LogP contribution < -0.4 is 5.32 Å². The molecule has 1 heterocycles. The van der Waals surface area contributed by atoms with Crippen LogP contribution in [0.1, 0.15) is 78.6 Å². The first-order valence-corrected chi connectivity index (χ1v) is 12.8. The van der Waals surface area contributed by atoms with Crippen molar-refractivity contribution in [1.29, 1.82) is 0 Å². The quantitative estimate of drug-likeness (QED) is 0.714. The monoisotopic (exact) mass is 405 g/mol. The maximum Gasteiger partial charge on any atom is 0.139 e. The number of nitrogens with one attached hydrogen (secondary N) is 1. The summed E-state index contributed by atoms with van der Waals surface area (Å²) in [5, 5.41) is 17.0. The van der Waals surface area contributed by atoms with E-state index in [9.17, 15) is 9.90 Å². The summed E-state index contributed by atoms with van der Waals surface area (Å²) in [5.41, 5.74) is -0.547. The lowest BCUT2D eigenvalue weighted by molar-refractivity contribution is -0.226. The second kappa shape index (κ2) is 6.72. The Bertz CT molecular complexity index is 649. The number of aliphatic hydroxyl groups is 1. The number of hydrogen-bond donors (Lipinski definition) is 2. The first kappa shape index (κ1) is 19.9. The fourth-order valence-electron chi connectivity index (χ4n) is 8.54. The smallest absolute Gasteiger partial charge is 0.139 e. The van der Waals surface area contributed by atoms with Crippen LogP contribution in [0.15, 0.2) is 0 Å². The molecule has 1 saturated heterocycles. The van der Waals surface area contributed by atoms with E-state index in [1.165, 1.54) is 19.3 Å². The lowest BCUT2D eigenvalue weighted by atomic mass is 9.41. The third kappa shape index (κ3) is 2.66. The summed E-state index contributed by atoms with van der Waals surface area (Å²) in [5.74, 6) is 2.70. The molecule has 0 radical (unpaired) electrons. The van der Waals surface area contributed by atoms with E-state index in [-0.39, 0.29) is 10.8 Å². The molecule has 0 spiro atoms. The fourth-order valence-corrected chi connectivity index (χ4v) is 10.2. The third-order valence-corrected chi connectivity index (χ3v) is 11.9. The van der Waals surface area contributed by atoms with Crippen LogP contribution in [0.3, 0.4) is 0 Å². The summed E-state index contributed by atoms with van der Waals surface area (Å²) >= 11 is 2.16. The van der Waals surface area contributed by atoms with Crippen LogP contribution in [0.5, 0.6) is 0 Å². The molecule has 5 rings (SSSR count). The molecule has 2 N–H and O–H groups in total. The minimum atomic E-state index is -0.521. The summed E-state index contributed by atoms with van der Waals surface area (Å²) in [6.45, 7) is 9.32. The van der Waals surface area contributed by atoms with Gasteiger partial charge in [0.2, 0.25) is 0 Å². The average molecular weight is 406 g/mol. The van der Waals surface area contributed by atoms with Crippen LogP contribution in [-0.4, -0.2) is 40.1 Å². The molecule has 0 aromatic carbocycles. The highest BCUT2D eigenvalue weighted by Gasteiger charge is 2.66. The molecular formula is C24H39NO2S. The molecule has 4 heteroatoms. The van der Waals surface area contributed by atoms with Gasteiger partial charge in [-0.2, -0.15) is 11.8 Å². The molecule has 1 aliphatic heterocycles. The van der Waals surface area contributed by atoms with Gasteiger partial charge >= 0.3 is 0 Å². The molecule has 3 nitrogen and oxygen atoms in total. The number of thioether (sulfide) groups is 1. The first-order valence-electron chi connectivity index (χ1n) is 11.9. The van der Waals surface area contributed by atoms with Gasteiger partial charge in [0.25, 0.3) is 0 Å². The molecular weight excluding hydrogens is 366 g/mol. The zero-order valence-corrected chi connectivity index (χ0v) is 18.8. The number of Topliss-reactive ketones (excluding diaryl/α,β-unsaturated/α-hetero) is 1. The standard InChI is InChI=1S/C24H39NO2S/c1-15-12-18-19-4-5-21(26)22(19,2)9-7-20(18)23(3)10-6-16(13-24(15,23)27)28-17-8-11-25-14-17/h15-20,25,27H,4-14H2,1-3H3/t15?,16?,17-,18-,19-,20+,22-,23+,24?/m0/s1. The molecule has 4 aliphatic carbocycles. The van der Waals surface area contributed by atoms with Gasteiger partial charge in [-0.15, -0.1) is 0 Å². The minimum absolute atomic E-state index is 0.0350. The highest BCUT2D eigenvalue weighted by molar-refractivity contribution is 8.00. The van der Waals surface area contributed by atoms with Gasteiger partial charge in [-0.3, -0.25) is 4.79 Å². The van der Waals surface area contributed by atoms with Crippen molar-refractivity contribution in [3.05, 3.63) is 0 Å². The Hall–Kier alpha value is -0.0600. The van der Waals surface area contributed by atoms with Gasteiger partial charge in [0.05, 0.1) is 5.60 Å². The Morgan fingerprint density at radius 2 is 1.89 bits per heavy atom. The zero-order chi connectivity index (χ0) is 19.7. The molecule has 0 aromatic heterocycles. The molecule has 4 saturated carbocycles. The van der Waals surface area contributed by atoms with E-state index >= 15 is 0 Å². The van der Waals surface area contributed by atoms with Crippen molar-refractivity contribution in [1.82, 2.24) is 5.32 Å². The number of fused-ring (bicyclic) bond motifs is 5. The number of rotatable bonds is 2. The maximum absolute atomic E-state index is 12.7. The van der Waals surface area contributed by atoms with E-state index in [0.29, 0.717) is 34.7 Å². The van der Waals surface area contributed by atoms with Crippen LogP contribution in [0.2, 0.25) is 0 Å². The van der Waals surface area contributed by atoms with Gasteiger partial charge in [-0.1, -0.05) is 20.8 Å². The molecule has 28 heavy (non-hydrogen) atoms. The first-order chi connectivity index (χ1) is 13.3. The van der Waals surface area contributed by atoms with Crippen molar-refractivity contribution >= 4 is 17.5 Å². The Labute approximate surface area is 175 Å². The second-order valence-corrected chi connectivity index (χ2v) is 13.0. The highest BCUT2D eigenvalue weighted by atomic mass is 32.2. The van der Waals surface area contributed by atoms with Gasteiger partial charge in [-0.25, -0.2) is 0 Å². The fraction of sp³-hybridized carbons (Fsp3) is 0.958. The Kier molecular flexibility index (Phi) is 4.77. The molecule has 3 unspecified atom stereocenters. The van der Waals surface area contributed by atoms with E-state index in [0.717, 1.165) is 56.9 Å². The van der Waals surface area contributed by atoms with E-state index < -0.39 is 5.60 Å². The Morgan fingerprint density at radius 3 is 2.64 bits per heavy atom. The molecule has 5 aliphatic rings. The maximum atomic E-state index is 12.7. The van der Waals surface area contributed by atoms with E-state index in [1.54, 1.807) is 0 Å². The van der Waals surface area contributed by atoms with Crippen LogP contribution in [0.25, 0.3) is 0 Å². The van der Waals surface area contributed by atoms with Gasteiger partial charge in [0, 0.05) is 28.9 Å². The average Bonchev–Trinajstić information content (AvgIpc) is 3.26. The van der Waals surface area contributed by atoms with E-state index in [1.807, 2.05) is 0 Å². The van der Waals surface area contributed by atoms with Crippen molar-refractivity contribution < 1.29 is 9.90 Å². The normalized spacial score (nSPS) is 56.2. The number of ketones is 1. The minimum Gasteiger partial charge on any atom is -0.389 e. The summed E-state index contributed by atoms with van der Waals surface area (Å²) < 4.78 is 0. The van der Waals surface area contributed by atoms with Crippen molar-refractivity contribution in [3.8, 4) is 0 Å². The number of hydrogen-bond acceptors (Lipinski definition) is 4. The molecule has 158 valence electrons. The third-order valence-electron chi connectivity index (χ3n) is 10.3. The lowest BCUT2D eigenvalue weighted by Crippen LogP contribution is -2.66.